The van der Waals surface area contributed by atoms with Crippen LogP contribution in [0.15, 0.2) is 92.3 Å². The average Bonchev–Trinajstić information content (AvgIpc) is 3.69. The van der Waals surface area contributed by atoms with Crippen LogP contribution >= 0.6 is 0 Å². The first kappa shape index (κ1) is 29.5. The second-order valence-electron chi connectivity index (χ2n) is 10.4. The molecule has 4 aromatic rings. The molecular weight excluding hydrogens is 580 g/mol. The molecule has 13 heteroatoms. The Kier molecular flexibility index (Phi) is 8.26. The minimum atomic E-state index is -3.93. The maximum atomic E-state index is 13.4. The number of sulfonamides is 2. The molecule has 5 rings (SSSR count). The summed E-state index contributed by atoms with van der Waals surface area (Å²) in [5.74, 6) is -1.04. The Labute approximate surface area is 244 Å². The fourth-order valence-electron chi connectivity index (χ4n) is 4.97. The van der Waals surface area contributed by atoms with E-state index in [1.807, 2.05) is 6.92 Å². The van der Waals surface area contributed by atoms with Crippen molar-refractivity contribution in [1.82, 2.24) is 14.3 Å². The molecule has 0 bridgehead atoms. The molecule has 0 spiro atoms. The summed E-state index contributed by atoms with van der Waals surface area (Å²) in [5.41, 5.74) is 0.314. The monoisotopic (exact) mass is 612 g/mol. The normalized spacial score (nSPS) is 15.3. The third kappa shape index (κ3) is 6.42. The summed E-state index contributed by atoms with van der Waals surface area (Å²) in [7, 11) is -6.04. The quantitative estimate of drug-likeness (QED) is 0.217. The van der Waals surface area contributed by atoms with Gasteiger partial charge in [-0.15, -0.1) is 0 Å². The Morgan fingerprint density at radius 2 is 1.79 bits per heavy atom. The lowest BCUT2D eigenvalue weighted by molar-refractivity contribution is 0.379. The lowest BCUT2D eigenvalue weighted by Crippen LogP contribution is -2.29. The van der Waals surface area contributed by atoms with Gasteiger partial charge in [-0.05, 0) is 55.0 Å². The van der Waals surface area contributed by atoms with Crippen LogP contribution in [0, 0.1) is 5.92 Å². The summed E-state index contributed by atoms with van der Waals surface area (Å²) in [6, 6.07) is 16.0. The van der Waals surface area contributed by atoms with E-state index in [0.29, 0.717) is 17.7 Å². The van der Waals surface area contributed by atoms with Gasteiger partial charge in [0, 0.05) is 43.4 Å². The van der Waals surface area contributed by atoms with Crippen LogP contribution in [-0.4, -0.2) is 38.0 Å². The lowest BCUT2D eigenvalue weighted by Gasteiger charge is -2.20. The zero-order valence-corrected chi connectivity index (χ0v) is 24.7. The predicted octanol–water partition coefficient (Wildman–Crippen LogP) is 3.89. The van der Waals surface area contributed by atoms with Crippen LogP contribution in [0.3, 0.4) is 0 Å². The van der Waals surface area contributed by atoms with Gasteiger partial charge in [-0.3, -0.25) is 4.72 Å². The molecule has 222 valence electrons. The maximum Gasteiger partial charge on any atom is 0.343 e. The molecule has 2 unspecified atom stereocenters. The van der Waals surface area contributed by atoms with Crippen LogP contribution < -0.4 is 15.1 Å². The number of aromatic hydroxyl groups is 1. The molecule has 11 nitrogen and oxygen atoms in total. The van der Waals surface area contributed by atoms with Crippen LogP contribution in [-0.2, 0) is 27.1 Å². The molecule has 2 aromatic heterocycles. The van der Waals surface area contributed by atoms with Crippen LogP contribution in [0.5, 0.6) is 5.75 Å². The number of hydrogen-bond donors (Lipinski definition) is 3. The molecule has 2 atom stereocenters. The minimum Gasteiger partial charge on any atom is -0.507 e. The first-order valence-electron chi connectivity index (χ1n) is 13.5. The third-order valence-electron chi connectivity index (χ3n) is 7.31. The molecule has 1 aliphatic rings. The molecule has 2 heterocycles. The van der Waals surface area contributed by atoms with E-state index in [9.17, 15) is 26.7 Å². The number of hydrogen-bond acceptors (Lipinski definition) is 8. The summed E-state index contributed by atoms with van der Waals surface area (Å²) in [6.45, 7) is 1.80. The number of nitrogens with zero attached hydrogens (tertiary/aromatic N) is 2. The molecular formula is C29H32N4O7S2. The van der Waals surface area contributed by atoms with E-state index in [2.05, 4.69) is 14.4 Å². The number of imidazole rings is 1. The molecule has 2 aromatic carbocycles. The average molecular weight is 613 g/mol. The van der Waals surface area contributed by atoms with Gasteiger partial charge in [0.2, 0.25) is 10.0 Å². The lowest BCUT2D eigenvalue weighted by atomic mass is 9.87. The highest BCUT2D eigenvalue weighted by atomic mass is 32.2. The van der Waals surface area contributed by atoms with E-state index in [4.69, 9.17) is 4.42 Å². The summed E-state index contributed by atoms with van der Waals surface area (Å²) in [4.78, 5) is 17.4. The van der Waals surface area contributed by atoms with Crippen molar-refractivity contribution in [3.63, 3.8) is 0 Å². The van der Waals surface area contributed by atoms with Gasteiger partial charge in [-0.25, -0.2) is 22.9 Å². The zero-order chi connectivity index (χ0) is 30.1. The van der Waals surface area contributed by atoms with E-state index in [-0.39, 0.29) is 39.5 Å². The second-order valence-corrected chi connectivity index (χ2v) is 13.8. The highest BCUT2D eigenvalue weighted by Crippen LogP contribution is 2.48. The van der Waals surface area contributed by atoms with Gasteiger partial charge in [-0.1, -0.05) is 37.3 Å². The number of aromatic nitrogens is 2. The highest BCUT2D eigenvalue weighted by Gasteiger charge is 2.38. The molecule has 1 saturated carbocycles. The summed E-state index contributed by atoms with van der Waals surface area (Å²) in [6.07, 6.45) is 4.88. The van der Waals surface area contributed by atoms with Crippen LogP contribution in [0.4, 0.5) is 5.69 Å². The Morgan fingerprint density at radius 1 is 1.05 bits per heavy atom. The van der Waals surface area contributed by atoms with E-state index < -0.39 is 37.5 Å². The summed E-state index contributed by atoms with van der Waals surface area (Å²) < 4.78 is 63.3. The van der Waals surface area contributed by atoms with E-state index in [1.54, 1.807) is 49.5 Å². The van der Waals surface area contributed by atoms with Gasteiger partial charge < -0.3 is 14.1 Å². The van der Waals surface area contributed by atoms with Gasteiger partial charge in [0.15, 0.2) is 5.03 Å². The van der Waals surface area contributed by atoms with Crippen molar-refractivity contribution in [3.8, 4) is 5.75 Å². The van der Waals surface area contributed by atoms with Crippen molar-refractivity contribution < 1.29 is 26.4 Å². The first-order valence-corrected chi connectivity index (χ1v) is 16.5. The van der Waals surface area contributed by atoms with E-state index in [0.717, 1.165) is 12.8 Å². The zero-order valence-electron chi connectivity index (χ0n) is 23.1. The molecule has 1 fully saturated rings. The van der Waals surface area contributed by atoms with E-state index >= 15 is 0 Å². The molecule has 1 aliphatic carbocycles. The van der Waals surface area contributed by atoms with Crippen molar-refractivity contribution >= 4 is 25.7 Å². The highest BCUT2D eigenvalue weighted by molar-refractivity contribution is 7.92. The third-order valence-corrected chi connectivity index (χ3v) is 10.0. The fraction of sp³-hybridized carbons (Fsp3) is 0.310. The number of anilines is 1. The van der Waals surface area contributed by atoms with Crippen molar-refractivity contribution in [2.24, 2.45) is 13.0 Å². The topological polar surface area (TPSA) is 161 Å². The van der Waals surface area contributed by atoms with Crippen LogP contribution in [0.2, 0.25) is 0 Å². The molecule has 0 amide bonds. The van der Waals surface area contributed by atoms with Gasteiger partial charge >= 0.3 is 5.63 Å². The molecule has 0 radical (unpaired) electrons. The minimum absolute atomic E-state index is 0.0278. The van der Waals surface area contributed by atoms with Gasteiger partial charge in [0.25, 0.3) is 10.0 Å². The molecule has 42 heavy (non-hydrogen) atoms. The second kappa shape index (κ2) is 11.7. The summed E-state index contributed by atoms with van der Waals surface area (Å²) >= 11 is 0. The number of aryl methyl sites for hydroxylation is 1. The number of benzene rings is 2. The SMILES string of the molecule is CCC(CNS(=O)(=O)c1ccccc1)c1cc(O)c(C(c2cccc(NS(=O)(=O)c3cn(C)cn3)c2)C2CC2)c(=O)o1. The Balaban J connectivity index is 1.41. The molecule has 0 aliphatic heterocycles. The first-order chi connectivity index (χ1) is 20.0. The van der Waals surface area contributed by atoms with Crippen molar-refractivity contribution in [2.75, 3.05) is 11.3 Å². The van der Waals surface area contributed by atoms with E-state index in [1.165, 1.54) is 35.3 Å². The van der Waals surface area contributed by atoms with Crippen LogP contribution in [0.1, 0.15) is 54.9 Å². The molecule has 0 saturated heterocycles. The van der Waals surface area contributed by atoms with Crippen molar-refractivity contribution in [1.29, 1.82) is 0 Å². The van der Waals surface area contributed by atoms with Gasteiger partial charge in [-0.2, -0.15) is 8.42 Å². The van der Waals surface area contributed by atoms with Crippen molar-refractivity contribution in [2.45, 2.75) is 47.9 Å². The maximum absolute atomic E-state index is 13.4. The van der Waals surface area contributed by atoms with Crippen LogP contribution in [0.25, 0.3) is 0 Å². The van der Waals surface area contributed by atoms with Gasteiger partial charge in [0.05, 0.1) is 16.8 Å². The largest absolute Gasteiger partial charge is 0.507 e. The van der Waals surface area contributed by atoms with Crippen molar-refractivity contribution in [3.05, 3.63) is 100 Å². The Bertz CT molecular complexity index is 1850. The number of rotatable bonds is 12. The predicted molar refractivity (Wildman–Crippen MR) is 156 cm³/mol. The standard InChI is InChI=1S/C29H32N4O7S2/c1-3-19(16-31-41(36,37)23-10-5-4-6-11-23)25-15-24(34)28(29(35)40-25)27(20-12-13-20)21-8-7-9-22(14-21)32-42(38,39)26-17-33(2)18-30-26/h4-11,14-15,17-20,27,31-32,34H,3,12-13,16H2,1-2H3. The molecule has 3 N–H and O–H groups in total. The fourth-order valence-corrected chi connectivity index (χ4v) is 7.11. The number of nitrogens with one attached hydrogen (secondary N) is 2. The Hall–Kier alpha value is -3.94. The van der Waals surface area contributed by atoms with Gasteiger partial charge in [0.1, 0.15) is 11.5 Å². The smallest absolute Gasteiger partial charge is 0.343 e. The Morgan fingerprint density at radius 3 is 2.40 bits per heavy atom. The summed E-state index contributed by atoms with van der Waals surface area (Å²) in [5, 5.41) is 11.0.